The highest BCUT2D eigenvalue weighted by molar-refractivity contribution is 14.1. The third-order valence-corrected chi connectivity index (χ3v) is 6.30. The summed E-state index contributed by atoms with van der Waals surface area (Å²) in [6.07, 6.45) is 5.58. The van der Waals surface area contributed by atoms with E-state index in [1.54, 1.807) is 13.2 Å². The first kappa shape index (κ1) is 22.6. The number of nitrogens with zero attached hydrogens (tertiary/aromatic N) is 2. The van der Waals surface area contributed by atoms with Crippen LogP contribution in [-0.4, -0.2) is 57.2 Å². The minimum absolute atomic E-state index is 0.0277. The van der Waals surface area contributed by atoms with Crippen molar-refractivity contribution in [3.63, 3.8) is 0 Å². The van der Waals surface area contributed by atoms with Crippen molar-refractivity contribution in [2.24, 2.45) is 0 Å². The molecule has 2 aromatic carbocycles. The van der Waals surface area contributed by atoms with Crippen molar-refractivity contribution in [3.8, 4) is 5.75 Å². The molecule has 1 aliphatic heterocycles. The normalized spacial score (nSPS) is 14.8. The number of carbonyl (C=O) groups is 1. The fourth-order valence-corrected chi connectivity index (χ4v) is 4.18. The molecule has 2 aromatic rings. The largest absolute Gasteiger partial charge is 0.495 e. The molecule has 0 aliphatic carbocycles. The van der Waals surface area contributed by atoms with Crippen LogP contribution in [0.4, 0.5) is 5.69 Å². The SMILES string of the molecule is COc1ccccc1N1CCN(CCCCNC(=O)/C=C/c2ccccc2I)CC1. The van der Waals surface area contributed by atoms with Crippen LogP contribution < -0.4 is 15.0 Å². The van der Waals surface area contributed by atoms with E-state index in [0.29, 0.717) is 0 Å². The number of anilines is 1. The number of carbonyl (C=O) groups excluding carboxylic acids is 1. The van der Waals surface area contributed by atoms with Crippen molar-refractivity contribution in [2.75, 3.05) is 51.3 Å². The maximum atomic E-state index is 12.0. The summed E-state index contributed by atoms with van der Waals surface area (Å²) in [6.45, 7) is 5.94. The average Bonchev–Trinajstić information content (AvgIpc) is 2.78. The number of ether oxygens (including phenoxy) is 1. The lowest BCUT2D eigenvalue weighted by Crippen LogP contribution is -2.46. The van der Waals surface area contributed by atoms with Crippen LogP contribution >= 0.6 is 22.6 Å². The quantitative estimate of drug-likeness (QED) is 0.309. The van der Waals surface area contributed by atoms with Gasteiger partial charge in [0, 0.05) is 42.4 Å². The molecular weight excluding hydrogens is 489 g/mol. The lowest BCUT2D eigenvalue weighted by atomic mass is 10.2. The molecule has 0 radical (unpaired) electrons. The number of hydrogen-bond donors (Lipinski definition) is 1. The second-order valence-electron chi connectivity index (χ2n) is 7.35. The van der Waals surface area contributed by atoms with Gasteiger partial charge in [0.15, 0.2) is 0 Å². The van der Waals surface area contributed by atoms with Crippen LogP contribution in [-0.2, 0) is 4.79 Å². The third kappa shape index (κ3) is 6.74. The summed E-state index contributed by atoms with van der Waals surface area (Å²) < 4.78 is 6.63. The predicted molar refractivity (Wildman–Crippen MR) is 132 cm³/mol. The Balaban J connectivity index is 1.30. The van der Waals surface area contributed by atoms with Gasteiger partial charge in [-0.2, -0.15) is 0 Å². The van der Waals surface area contributed by atoms with Gasteiger partial charge in [0.1, 0.15) is 5.75 Å². The first-order valence-corrected chi connectivity index (χ1v) is 11.6. The zero-order valence-electron chi connectivity index (χ0n) is 17.5. The summed E-state index contributed by atoms with van der Waals surface area (Å²) in [5.74, 6) is 0.915. The van der Waals surface area contributed by atoms with Crippen molar-refractivity contribution in [3.05, 3.63) is 63.7 Å². The summed E-state index contributed by atoms with van der Waals surface area (Å²) in [5.41, 5.74) is 2.25. The lowest BCUT2D eigenvalue weighted by molar-refractivity contribution is -0.116. The van der Waals surface area contributed by atoms with Crippen LogP contribution in [0.15, 0.2) is 54.6 Å². The van der Waals surface area contributed by atoms with Crippen LogP contribution in [0.1, 0.15) is 18.4 Å². The molecule has 1 saturated heterocycles. The highest BCUT2D eigenvalue weighted by Crippen LogP contribution is 2.28. The molecule has 0 aromatic heterocycles. The monoisotopic (exact) mass is 519 g/mol. The third-order valence-electron chi connectivity index (χ3n) is 5.32. The maximum absolute atomic E-state index is 12.0. The molecular formula is C24H30IN3O2. The van der Waals surface area contributed by atoms with Crippen LogP contribution in [0.25, 0.3) is 6.08 Å². The van der Waals surface area contributed by atoms with E-state index in [1.807, 2.05) is 42.5 Å². The number of nitrogens with one attached hydrogen (secondary N) is 1. The average molecular weight is 519 g/mol. The molecule has 3 rings (SSSR count). The Morgan fingerprint density at radius 2 is 1.80 bits per heavy atom. The van der Waals surface area contributed by atoms with Crippen LogP contribution in [0.5, 0.6) is 5.75 Å². The van der Waals surface area contributed by atoms with Gasteiger partial charge in [0.2, 0.25) is 5.91 Å². The second kappa shape index (κ2) is 12.0. The van der Waals surface area contributed by atoms with Gasteiger partial charge in [-0.1, -0.05) is 30.3 Å². The van der Waals surface area contributed by atoms with Crippen molar-refractivity contribution in [1.29, 1.82) is 0 Å². The van der Waals surface area contributed by atoms with Crippen LogP contribution in [0, 0.1) is 3.57 Å². The number of hydrogen-bond acceptors (Lipinski definition) is 4. The zero-order valence-corrected chi connectivity index (χ0v) is 19.7. The molecule has 1 N–H and O–H groups in total. The van der Waals surface area contributed by atoms with Crippen molar-refractivity contribution in [1.82, 2.24) is 10.2 Å². The summed E-state index contributed by atoms with van der Waals surface area (Å²) in [4.78, 5) is 16.9. The first-order chi connectivity index (χ1) is 14.7. The van der Waals surface area contributed by atoms with E-state index < -0.39 is 0 Å². The van der Waals surface area contributed by atoms with Gasteiger partial charge in [-0.15, -0.1) is 0 Å². The van der Waals surface area contributed by atoms with Crippen molar-refractivity contribution in [2.45, 2.75) is 12.8 Å². The topological polar surface area (TPSA) is 44.8 Å². The van der Waals surface area contributed by atoms with Gasteiger partial charge >= 0.3 is 0 Å². The van der Waals surface area contributed by atoms with Crippen molar-refractivity contribution < 1.29 is 9.53 Å². The van der Waals surface area contributed by atoms with Gasteiger partial charge in [0.05, 0.1) is 12.8 Å². The molecule has 1 amide bonds. The molecule has 160 valence electrons. The van der Waals surface area contributed by atoms with E-state index in [0.717, 1.165) is 67.0 Å². The van der Waals surface area contributed by atoms with Gasteiger partial charge in [0.25, 0.3) is 0 Å². The number of halogens is 1. The lowest BCUT2D eigenvalue weighted by Gasteiger charge is -2.36. The van der Waals surface area contributed by atoms with Gasteiger partial charge < -0.3 is 15.0 Å². The highest BCUT2D eigenvalue weighted by atomic mass is 127. The number of methoxy groups -OCH3 is 1. The Kier molecular flexibility index (Phi) is 9.01. The molecule has 0 spiro atoms. The Hall–Kier alpha value is -2.06. The predicted octanol–water partition coefficient (Wildman–Crippen LogP) is 4.03. The number of amides is 1. The molecule has 5 nitrogen and oxygen atoms in total. The molecule has 0 bridgehead atoms. The van der Waals surface area contributed by atoms with E-state index >= 15 is 0 Å². The smallest absolute Gasteiger partial charge is 0.243 e. The maximum Gasteiger partial charge on any atom is 0.243 e. The molecule has 0 atom stereocenters. The number of benzene rings is 2. The van der Waals surface area contributed by atoms with E-state index in [4.69, 9.17) is 4.74 Å². The number of para-hydroxylation sites is 2. The van der Waals surface area contributed by atoms with Gasteiger partial charge in [-0.25, -0.2) is 0 Å². The van der Waals surface area contributed by atoms with Gasteiger partial charge in [-0.3, -0.25) is 9.69 Å². The second-order valence-corrected chi connectivity index (χ2v) is 8.52. The molecule has 1 fully saturated rings. The molecule has 30 heavy (non-hydrogen) atoms. The molecule has 0 saturated carbocycles. The van der Waals surface area contributed by atoms with E-state index in [-0.39, 0.29) is 5.91 Å². The molecule has 6 heteroatoms. The fourth-order valence-electron chi connectivity index (χ4n) is 3.61. The van der Waals surface area contributed by atoms with Crippen LogP contribution in [0.3, 0.4) is 0 Å². The molecule has 1 aliphatic rings. The number of unbranched alkanes of at least 4 members (excludes halogenated alkanes) is 1. The zero-order chi connectivity index (χ0) is 21.2. The molecule has 1 heterocycles. The Morgan fingerprint density at radius 1 is 1.07 bits per heavy atom. The molecule has 0 unspecified atom stereocenters. The van der Waals surface area contributed by atoms with Crippen LogP contribution in [0.2, 0.25) is 0 Å². The summed E-state index contributed by atoms with van der Waals surface area (Å²) in [5, 5.41) is 2.98. The Bertz CT molecular complexity index is 848. The highest BCUT2D eigenvalue weighted by Gasteiger charge is 2.18. The summed E-state index contributed by atoms with van der Waals surface area (Å²) >= 11 is 2.28. The van der Waals surface area contributed by atoms with E-state index in [2.05, 4.69) is 49.8 Å². The van der Waals surface area contributed by atoms with Gasteiger partial charge in [-0.05, 0) is 71.8 Å². The Labute approximate surface area is 193 Å². The minimum atomic E-state index is -0.0277. The standard InChI is InChI=1S/C24H30IN3O2/c1-30-23-11-5-4-10-22(23)28-18-16-27(17-19-28)15-7-6-14-26-24(29)13-12-20-8-2-3-9-21(20)25/h2-5,8-13H,6-7,14-19H2,1H3,(H,26,29)/b13-12+. The Morgan fingerprint density at radius 3 is 2.57 bits per heavy atom. The summed E-state index contributed by atoms with van der Waals surface area (Å²) in [7, 11) is 1.73. The fraction of sp³-hybridized carbons (Fsp3) is 0.375. The number of rotatable bonds is 9. The van der Waals surface area contributed by atoms with Crippen molar-refractivity contribution >= 4 is 40.3 Å². The minimum Gasteiger partial charge on any atom is -0.495 e. The first-order valence-electron chi connectivity index (χ1n) is 10.5. The number of piperazine rings is 1. The van der Waals surface area contributed by atoms with E-state index in [1.165, 1.54) is 5.69 Å². The summed E-state index contributed by atoms with van der Waals surface area (Å²) in [6, 6.07) is 16.3. The van der Waals surface area contributed by atoms with E-state index in [9.17, 15) is 4.79 Å².